The molecule has 52 valence electrons. The Morgan fingerprint density at radius 2 is 1.89 bits per heavy atom. The van der Waals surface area contributed by atoms with Gasteiger partial charge in [-0.1, -0.05) is 24.9 Å². The van der Waals surface area contributed by atoms with Crippen LogP contribution in [0.3, 0.4) is 0 Å². The van der Waals surface area contributed by atoms with Crippen molar-refractivity contribution in [2.45, 2.75) is 19.3 Å². The molecule has 9 heavy (non-hydrogen) atoms. The van der Waals surface area contributed by atoms with Crippen molar-refractivity contribution in [1.82, 2.24) is 4.31 Å². The Balaban J connectivity index is 2.15. The van der Waals surface area contributed by atoms with Gasteiger partial charge in [0.2, 0.25) is 0 Å². The van der Waals surface area contributed by atoms with Crippen molar-refractivity contribution in [3.63, 3.8) is 0 Å². The summed E-state index contributed by atoms with van der Waals surface area (Å²) < 4.78 is 2.37. The van der Waals surface area contributed by atoms with Crippen LogP contribution in [-0.4, -0.2) is 17.4 Å². The van der Waals surface area contributed by atoms with Crippen molar-refractivity contribution in [3.8, 4) is 0 Å². The van der Waals surface area contributed by atoms with E-state index in [1.54, 1.807) is 11.9 Å². The Morgan fingerprint density at radius 3 is 2.44 bits per heavy atom. The molecule has 1 fully saturated rings. The summed E-state index contributed by atoms with van der Waals surface area (Å²) in [5.41, 5.74) is 0. The maximum atomic E-state index is 3.68. The van der Waals surface area contributed by atoms with Crippen molar-refractivity contribution in [1.29, 1.82) is 0 Å². The van der Waals surface area contributed by atoms with Crippen LogP contribution in [-0.2, 0) is 0 Å². The predicted octanol–water partition coefficient (Wildman–Crippen LogP) is 2.26. The third kappa shape index (κ3) is 2.41. The predicted molar refractivity (Wildman–Crippen MR) is 43.2 cm³/mol. The van der Waals surface area contributed by atoms with Gasteiger partial charge in [-0.25, -0.2) is 4.31 Å². The van der Waals surface area contributed by atoms with Gasteiger partial charge in [0.25, 0.3) is 0 Å². The molecule has 0 aromatic carbocycles. The zero-order chi connectivity index (χ0) is 6.53. The number of piperidine rings is 1. The highest BCUT2D eigenvalue weighted by atomic mass is 32.2. The van der Waals surface area contributed by atoms with Gasteiger partial charge in [-0.05, 0) is 18.2 Å². The van der Waals surface area contributed by atoms with E-state index >= 15 is 0 Å². The average molecular weight is 143 g/mol. The van der Waals surface area contributed by atoms with Crippen LogP contribution >= 0.6 is 11.9 Å². The molecule has 1 heterocycles. The van der Waals surface area contributed by atoms with Crippen LogP contribution in [0.4, 0.5) is 0 Å². The lowest BCUT2D eigenvalue weighted by Crippen LogP contribution is -2.21. The van der Waals surface area contributed by atoms with Gasteiger partial charge in [-0.2, -0.15) is 0 Å². The summed E-state index contributed by atoms with van der Waals surface area (Å²) in [6.07, 6.45) is 4.13. The van der Waals surface area contributed by atoms with Gasteiger partial charge in [0, 0.05) is 13.1 Å². The van der Waals surface area contributed by atoms with Gasteiger partial charge in [0.1, 0.15) is 0 Å². The molecule has 1 aliphatic heterocycles. The highest BCUT2D eigenvalue weighted by molar-refractivity contribution is 7.99. The molecule has 0 saturated carbocycles. The number of hydrogen-bond donors (Lipinski definition) is 0. The van der Waals surface area contributed by atoms with E-state index in [4.69, 9.17) is 0 Å². The van der Waals surface area contributed by atoms with Gasteiger partial charge < -0.3 is 0 Å². The Labute approximate surface area is 61.3 Å². The fourth-order valence-electron chi connectivity index (χ4n) is 1.08. The van der Waals surface area contributed by atoms with Crippen LogP contribution in [0.2, 0.25) is 0 Å². The van der Waals surface area contributed by atoms with E-state index in [9.17, 15) is 0 Å². The van der Waals surface area contributed by atoms with Crippen molar-refractivity contribution in [2.24, 2.45) is 0 Å². The lowest BCUT2D eigenvalue weighted by Gasteiger charge is -2.23. The molecule has 0 spiro atoms. The summed E-state index contributed by atoms with van der Waals surface area (Å²) in [7, 11) is 0. The summed E-state index contributed by atoms with van der Waals surface area (Å²) in [5, 5.41) is 1.91. The van der Waals surface area contributed by atoms with Gasteiger partial charge in [-0.3, -0.25) is 0 Å². The zero-order valence-corrected chi connectivity index (χ0v) is 6.49. The third-order valence-electron chi connectivity index (χ3n) is 1.54. The SMILES string of the molecule is C=CSN1CCCCC1. The van der Waals surface area contributed by atoms with Gasteiger partial charge in [-0.15, -0.1) is 0 Å². The Hall–Kier alpha value is 0.0500. The highest BCUT2D eigenvalue weighted by Gasteiger charge is 2.07. The van der Waals surface area contributed by atoms with E-state index in [2.05, 4.69) is 10.9 Å². The number of rotatable bonds is 2. The first-order chi connectivity index (χ1) is 4.43. The first-order valence-electron chi connectivity index (χ1n) is 3.46. The minimum Gasteiger partial charge on any atom is -0.247 e. The van der Waals surface area contributed by atoms with E-state index < -0.39 is 0 Å². The minimum absolute atomic E-state index is 1.25. The van der Waals surface area contributed by atoms with Crippen molar-refractivity contribution in [2.75, 3.05) is 13.1 Å². The fraction of sp³-hybridized carbons (Fsp3) is 0.714. The average Bonchev–Trinajstić information content (AvgIpc) is 1.91. The minimum atomic E-state index is 1.25. The summed E-state index contributed by atoms with van der Waals surface area (Å²) >= 11 is 1.75. The van der Waals surface area contributed by atoms with Gasteiger partial charge in [0.05, 0.1) is 0 Å². The standard InChI is InChI=1S/C7H13NS/c1-2-9-8-6-4-3-5-7-8/h2H,1,3-7H2. The largest absolute Gasteiger partial charge is 0.247 e. The fourth-order valence-corrected chi connectivity index (χ4v) is 1.76. The second-order valence-electron chi connectivity index (χ2n) is 2.26. The number of nitrogens with zero attached hydrogens (tertiary/aromatic N) is 1. The molecule has 1 rings (SSSR count). The van der Waals surface area contributed by atoms with Crippen LogP contribution in [0.25, 0.3) is 0 Å². The second kappa shape index (κ2) is 3.96. The smallest absolute Gasteiger partial charge is 0.00924 e. The maximum absolute atomic E-state index is 3.68. The molecule has 0 N–H and O–H groups in total. The monoisotopic (exact) mass is 143 g/mol. The molecule has 0 aromatic rings. The first kappa shape index (κ1) is 7.16. The van der Waals surface area contributed by atoms with Crippen LogP contribution in [0.1, 0.15) is 19.3 Å². The first-order valence-corrected chi connectivity index (χ1v) is 4.30. The zero-order valence-electron chi connectivity index (χ0n) is 5.68. The molecular weight excluding hydrogens is 130 g/mol. The van der Waals surface area contributed by atoms with Crippen LogP contribution < -0.4 is 0 Å². The summed E-state index contributed by atoms with van der Waals surface area (Å²) in [5.74, 6) is 0. The van der Waals surface area contributed by atoms with E-state index in [1.807, 2.05) is 5.41 Å². The molecule has 1 nitrogen and oxygen atoms in total. The molecule has 2 heteroatoms. The highest BCUT2D eigenvalue weighted by Crippen LogP contribution is 2.17. The Kier molecular flexibility index (Phi) is 3.15. The van der Waals surface area contributed by atoms with Crippen molar-refractivity contribution >= 4 is 11.9 Å². The lowest BCUT2D eigenvalue weighted by atomic mass is 10.2. The summed E-state index contributed by atoms with van der Waals surface area (Å²) in [4.78, 5) is 0. The topological polar surface area (TPSA) is 3.24 Å². The molecule has 0 amide bonds. The normalized spacial score (nSPS) is 21.8. The third-order valence-corrected chi connectivity index (χ3v) is 2.35. The Morgan fingerprint density at radius 1 is 1.22 bits per heavy atom. The van der Waals surface area contributed by atoms with E-state index in [1.165, 1.54) is 32.4 Å². The molecule has 0 unspecified atom stereocenters. The molecule has 0 aromatic heterocycles. The number of hydrogen-bond acceptors (Lipinski definition) is 2. The van der Waals surface area contributed by atoms with Gasteiger partial charge in [0.15, 0.2) is 0 Å². The van der Waals surface area contributed by atoms with Crippen LogP contribution in [0.15, 0.2) is 12.0 Å². The second-order valence-corrected chi connectivity index (χ2v) is 3.32. The molecular formula is C7H13NS. The van der Waals surface area contributed by atoms with E-state index in [0.717, 1.165) is 0 Å². The van der Waals surface area contributed by atoms with Crippen molar-refractivity contribution in [3.05, 3.63) is 12.0 Å². The van der Waals surface area contributed by atoms with Crippen molar-refractivity contribution < 1.29 is 0 Å². The summed E-state index contributed by atoms with van der Waals surface area (Å²) in [6, 6.07) is 0. The molecule has 1 aliphatic rings. The molecule has 0 radical (unpaired) electrons. The van der Waals surface area contributed by atoms with Crippen LogP contribution in [0.5, 0.6) is 0 Å². The summed E-state index contributed by atoms with van der Waals surface area (Å²) in [6.45, 7) is 6.17. The van der Waals surface area contributed by atoms with E-state index in [0.29, 0.717) is 0 Å². The van der Waals surface area contributed by atoms with Crippen LogP contribution in [0, 0.1) is 0 Å². The Bertz CT molecular complexity index is 86.9. The molecule has 0 atom stereocenters. The molecule has 0 bridgehead atoms. The molecule has 1 saturated heterocycles. The maximum Gasteiger partial charge on any atom is 0.00924 e. The quantitative estimate of drug-likeness (QED) is 0.545. The van der Waals surface area contributed by atoms with Gasteiger partial charge >= 0.3 is 0 Å². The molecule has 0 aliphatic carbocycles. The van der Waals surface area contributed by atoms with E-state index in [-0.39, 0.29) is 0 Å². The lowest BCUT2D eigenvalue weighted by molar-refractivity contribution is 0.382.